The van der Waals surface area contributed by atoms with Crippen molar-refractivity contribution in [2.75, 3.05) is 13.7 Å². The number of benzene rings is 2. The Morgan fingerprint density at radius 2 is 1.75 bits per heavy atom. The molecule has 0 saturated heterocycles. The number of esters is 1. The summed E-state index contributed by atoms with van der Waals surface area (Å²) in [7, 11) is 1.36. The minimum atomic E-state index is -0.406. The fraction of sp³-hybridized carbons (Fsp3) is 0.208. The van der Waals surface area contributed by atoms with Crippen LogP contribution in [-0.2, 0) is 16.1 Å². The van der Waals surface area contributed by atoms with Crippen LogP contribution in [0.1, 0.15) is 38.6 Å². The lowest BCUT2D eigenvalue weighted by atomic mass is 10.0. The third kappa shape index (κ3) is 4.78. The van der Waals surface area contributed by atoms with Crippen molar-refractivity contribution >= 4 is 11.5 Å². The Kier molecular flexibility index (Phi) is 6.45. The number of ether oxygens (including phenoxy) is 2. The van der Waals surface area contributed by atoms with Crippen molar-refractivity contribution in [1.29, 1.82) is 0 Å². The summed E-state index contributed by atoms with van der Waals surface area (Å²) in [5, 5.41) is 0. The van der Waals surface area contributed by atoms with Gasteiger partial charge in [0.1, 0.15) is 17.1 Å². The zero-order valence-electron chi connectivity index (χ0n) is 16.4. The maximum absolute atomic E-state index is 11.9. The monoisotopic (exact) mass is 376 g/mol. The highest BCUT2D eigenvalue weighted by atomic mass is 16.5. The maximum atomic E-state index is 11.9. The standard InChI is InChI=1S/C24H24O4/c1-17-9-11-20(12-10-17)21(13-14-27-16-19-7-5-4-6-8-19)23-15-22(18(2)28-23)24(25)26-3/h4-13,15H,14,16H2,1-3H3/b21-13+. The summed E-state index contributed by atoms with van der Waals surface area (Å²) in [5.74, 6) is 0.742. The molecule has 4 nitrogen and oxygen atoms in total. The number of carbonyl (C=O) groups excluding carboxylic acids is 1. The van der Waals surface area contributed by atoms with Crippen LogP contribution in [0, 0.1) is 13.8 Å². The van der Waals surface area contributed by atoms with Gasteiger partial charge in [0.15, 0.2) is 0 Å². The van der Waals surface area contributed by atoms with E-state index in [1.807, 2.05) is 67.6 Å². The summed E-state index contributed by atoms with van der Waals surface area (Å²) in [6.07, 6.45) is 1.98. The maximum Gasteiger partial charge on any atom is 0.341 e. The Labute approximate surface area is 165 Å². The molecule has 144 valence electrons. The van der Waals surface area contributed by atoms with Crippen LogP contribution in [0.25, 0.3) is 5.57 Å². The number of carbonyl (C=O) groups is 1. The second-order valence-corrected chi connectivity index (χ2v) is 6.56. The van der Waals surface area contributed by atoms with Crippen LogP contribution in [0.5, 0.6) is 0 Å². The third-order valence-corrected chi connectivity index (χ3v) is 4.47. The Morgan fingerprint density at radius 1 is 1.04 bits per heavy atom. The van der Waals surface area contributed by atoms with Gasteiger partial charge in [-0.3, -0.25) is 0 Å². The molecule has 4 heteroatoms. The second kappa shape index (κ2) is 9.20. The number of rotatable bonds is 7. The number of methoxy groups -OCH3 is 1. The van der Waals surface area contributed by atoms with Gasteiger partial charge < -0.3 is 13.9 Å². The van der Waals surface area contributed by atoms with E-state index in [0.29, 0.717) is 30.3 Å². The molecule has 0 aliphatic rings. The molecule has 3 aromatic rings. The SMILES string of the molecule is COC(=O)c1cc(/C(=C/COCc2ccccc2)c2ccc(C)cc2)oc1C. The van der Waals surface area contributed by atoms with Gasteiger partial charge >= 0.3 is 5.97 Å². The van der Waals surface area contributed by atoms with E-state index >= 15 is 0 Å². The van der Waals surface area contributed by atoms with Gasteiger partial charge in [-0.1, -0.05) is 60.2 Å². The van der Waals surface area contributed by atoms with E-state index in [1.165, 1.54) is 12.7 Å². The first-order valence-electron chi connectivity index (χ1n) is 9.16. The quantitative estimate of drug-likeness (QED) is 0.413. The molecule has 3 rings (SSSR count). The topological polar surface area (TPSA) is 48.7 Å². The van der Waals surface area contributed by atoms with Gasteiger partial charge in [-0.15, -0.1) is 0 Å². The van der Waals surface area contributed by atoms with E-state index in [2.05, 4.69) is 0 Å². The van der Waals surface area contributed by atoms with Crippen molar-refractivity contribution in [2.24, 2.45) is 0 Å². The lowest BCUT2D eigenvalue weighted by Gasteiger charge is -2.07. The molecule has 0 atom stereocenters. The molecule has 0 aliphatic heterocycles. The molecule has 28 heavy (non-hydrogen) atoms. The van der Waals surface area contributed by atoms with Crippen LogP contribution >= 0.6 is 0 Å². The van der Waals surface area contributed by atoms with Crippen LogP contribution in [0.15, 0.2) is 71.2 Å². The molecule has 2 aromatic carbocycles. The molecular formula is C24H24O4. The fourth-order valence-corrected chi connectivity index (χ4v) is 2.91. The number of aryl methyl sites for hydroxylation is 2. The first-order chi connectivity index (χ1) is 13.6. The summed E-state index contributed by atoms with van der Waals surface area (Å²) < 4.78 is 16.5. The summed E-state index contributed by atoms with van der Waals surface area (Å²) in [6, 6.07) is 19.9. The second-order valence-electron chi connectivity index (χ2n) is 6.56. The summed E-state index contributed by atoms with van der Waals surface area (Å²) in [4.78, 5) is 11.9. The molecule has 0 bridgehead atoms. The van der Waals surface area contributed by atoms with Crippen LogP contribution in [0.2, 0.25) is 0 Å². The van der Waals surface area contributed by atoms with E-state index in [1.54, 1.807) is 13.0 Å². The predicted molar refractivity (Wildman–Crippen MR) is 109 cm³/mol. The Hall–Kier alpha value is -3.11. The van der Waals surface area contributed by atoms with Gasteiger partial charge in [0.25, 0.3) is 0 Å². The largest absolute Gasteiger partial charge is 0.465 e. The van der Waals surface area contributed by atoms with Crippen LogP contribution in [-0.4, -0.2) is 19.7 Å². The normalized spacial score (nSPS) is 11.5. The van der Waals surface area contributed by atoms with Gasteiger partial charge in [0, 0.05) is 5.57 Å². The first-order valence-corrected chi connectivity index (χ1v) is 9.16. The van der Waals surface area contributed by atoms with E-state index in [-0.39, 0.29) is 0 Å². The molecule has 0 unspecified atom stereocenters. The fourth-order valence-electron chi connectivity index (χ4n) is 2.91. The van der Waals surface area contributed by atoms with E-state index < -0.39 is 5.97 Å². The zero-order chi connectivity index (χ0) is 19.9. The van der Waals surface area contributed by atoms with E-state index in [4.69, 9.17) is 13.9 Å². The van der Waals surface area contributed by atoms with Crippen molar-refractivity contribution in [1.82, 2.24) is 0 Å². The van der Waals surface area contributed by atoms with Crippen molar-refractivity contribution in [3.63, 3.8) is 0 Å². The Morgan fingerprint density at radius 3 is 2.43 bits per heavy atom. The molecule has 0 spiro atoms. The van der Waals surface area contributed by atoms with Crippen molar-refractivity contribution in [2.45, 2.75) is 20.5 Å². The molecule has 0 saturated carbocycles. The Balaban J connectivity index is 1.85. The van der Waals surface area contributed by atoms with Crippen molar-refractivity contribution < 1.29 is 18.7 Å². The third-order valence-electron chi connectivity index (χ3n) is 4.47. The lowest BCUT2D eigenvalue weighted by molar-refractivity contribution is 0.0599. The molecule has 0 N–H and O–H groups in total. The minimum Gasteiger partial charge on any atom is -0.465 e. The van der Waals surface area contributed by atoms with Gasteiger partial charge in [-0.2, -0.15) is 0 Å². The molecular weight excluding hydrogens is 352 g/mol. The highest BCUT2D eigenvalue weighted by molar-refractivity contribution is 5.92. The van der Waals surface area contributed by atoms with Gasteiger partial charge in [0.2, 0.25) is 0 Å². The van der Waals surface area contributed by atoms with E-state index in [0.717, 1.165) is 16.7 Å². The number of furan rings is 1. The van der Waals surface area contributed by atoms with Crippen molar-refractivity contribution in [3.05, 3.63) is 101 Å². The van der Waals surface area contributed by atoms with E-state index in [9.17, 15) is 4.79 Å². The Bertz CT molecular complexity index is 950. The van der Waals surface area contributed by atoms with Crippen LogP contribution in [0.3, 0.4) is 0 Å². The highest BCUT2D eigenvalue weighted by Gasteiger charge is 2.18. The minimum absolute atomic E-state index is 0.406. The summed E-state index contributed by atoms with van der Waals surface area (Å²) >= 11 is 0. The summed E-state index contributed by atoms with van der Waals surface area (Å²) in [6.45, 7) is 4.76. The first kappa shape index (κ1) is 19.6. The molecule has 0 amide bonds. The zero-order valence-corrected chi connectivity index (χ0v) is 16.4. The molecule has 1 heterocycles. The summed E-state index contributed by atoms with van der Waals surface area (Å²) in [5.41, 5.74) is 4.61. The van der Waals surface area contributed by atoms with Gasteiger partial charge in [-0.05, 0) is 37.1 Å². The molecule has 0 fully saturated rings. The highest BCUT2D eigenvalue weighted by Crippen LogP contribution is 2.28. The number of hydrogen-bond acceptors (Lipinski definition) is 4. The average molecular weight is 376 g/mol. The molecule has 0 aliphatic carbocycles. The average Bonchev–Trinajstić information content (AvgIpc) is 3.10. The lowest BCUT2D eigenvalue weighted by Crippen LogP contribution is -2.00. The predicted octanol–water partition coefficient (Wildman–Crippen LogP) is 5.33. The van der Waals surface area contributed by atoms with Crippen LogP contribution < -0.4 is 0 Å². The van der Waals surface area contributed by atoms with Crippen molar-refractivity contribution in [3.8, 4) is 0 Å². The smallest absolute Gasteiger partial charge is 0.341 e. The van der Waals surface area contributed by atoms with Crippen LogP contribution in [0.4, 0.5) is 0 Å². The van der Waals surface area contributed by atoms with Gasteiger partial charge in [-0.25, -0.2) is 4.79 Å². The van der Waals surface area contributed by atoms with Gasteiger partial charge in [0.05, 0.1) is 20.3 Å². The molecule has 1 aromatic heterocycles. The molecule has 0 radical (unpaired) electrons. The number of hydrogen-bond donors (Lipinski definition) is 0.